The third-order valence-electron chi connectivity index (χ3n) is 5.97. The summed E-state index contributed by atoms with van der Waals surface area (Å²) in [6.45, 7) is 1.68. The highest BCUT2D eigenvalue weighted by Gasteiger charge is 2.22. The van der Waals surface area contributed by atoms with Crippen molar-refractivity contribution in [2.75, 3.05) is 13.1 Å². The minimum atomic E-state index is 0.120. The van der Waals surface area contributed by atoms with Crippen LogP contribution in [0.3, 0.4) is 0 Å². The molecule has 1 saturated heterocycles. The maximum atomic E-state index is 13.1. The van der Waals surface area contributed by atoms with Crippen LogP contribution in [0.25, 0.3) is 5.69 Å². The topological polar surface area (TPSA) is 51.0 Å². The molecule has 7 heteroatoms. The summed E-state index contributed by atoms with van der Waals surface area (Å²) in [7, 11) is 0. The first-order valence-corrected chi connectivity index (χ1v) is 12.8. The van der Waals surface area contributed by atoms with Crippen molar-refractivity contribution in [3.8, 4) is 5.69 Å². The number of likely N-dealkylation sites (tertiary alicyclic amines) is 1. The maximum Gasteiger partial charge on any atom is 0.254 e. The van der Waals surface area contributed by atoms with Crippen molar-refractivity contribution in [2.24, 2.45) is 0 Å². The minimum Gasteiger partial charge on any atom is -0.339 e. The van der Waals surface area contributed by atoms with Crippen LogP contribution in [0.15, 0.2) is 84.0 Å². The fourth-order valence-electron chi connectivity index (χ4n) is 4.25. The van der Waals surface area contributed by atoms with E-state index >= 15 is 0 Å². The summed E-state index contributed by atoms with van der Waals surface area (Å²) >= 11 is 7.90. The Morgan fingerprint density at radius 2 is 1.68 bits per heavy atom. The summed E-state index contributed by atoms with van der Waals surface area (Å²) in [4.78, 5) is 15.0. The standard InChI is InChI=1S/C27H25ClN4OS/c28-22-12-8-13-23(18-22)32-25(17-20-9-2-1-3-10-20)29-30-27(32)34-19-21-11-4-5-14-24(21)26(33)31-15-6-7-16-31/h1-5,8-14,18H,6-7,15-17,19H2. The van der Waals surface area contributed by atoms with Crippen molar-refractivity contribution in [1.29, 1.82) is 0 Å². The number of hydrogen-bond donors (Lipinski definition) is 0. The highest BCUT2D eigenvalue weighted by molar-refractivity contribution is 7.98. The molecular formula is C27H25ClN4OS. The molecule has 0 unspecified atom stereocenters. The first-order chi connectivity index (χ1) is 16.7. The van der Waals surface area contributed by atoms with Gasteiger partial charge in [0.15, 0.2) is 5.16 Å². The van der Waals surface area contributed by atoms with E-state index < -0.39 is 0 Å². The molecule has 3 aromatic carbocycles. The van der Waals surface area contributed by atoms with Gasteiger partial charge >= 0.3 is 0 Å². The van der Waals surface area contributed by atoms with E-state index in [2.05, 4.69) is 26.9 Å². The average molecular weight is 489 g/mol. The van der Waals surface area contributed by atoms with Crippen molar-refractivity contribution in [3.63, 3.8) is 0 Å². The number of nitrogens with zero attached hydrogens (tertiary/aromatic N) is 4. The fourth-order valence-corrected chi connectivity index (χ4v) is 5.41. The van der Waals surface area contributed by atoms with E-state index in [4.69, 9.17) is 11.6 Å². The van der Waals surface area contributed by atoms with E-state index in [1.54, 1.807) is 11.8 Å². The van der Waals surface area contributed by atoms with Gasteiger partial charge in [-0.25, -0.2) is 0 Å². The molecule has 0 atom stereocenters. The Labute approximate surface area is 208 Å². The van der Waals surface area contributed by atoms with Gasteiger partial charge in [0.25, 0.3) is 5.91 Å². The first-order valence-electron chi connectivity index (χ1n) is 11.4. The van der Waals surface area contributed by atoms with Crippen molar-refractivity contribution in [1.82, 2.24) is 19.7 Å². The molecule has 0 aliphatic carbocycles. The normalized spacial score (nSPS) is 13.4. The van der Waals surface area contributed by atoms with Crippen LogP contribution in [-0.4, -0.2) is 38.7 Å². The van der Waals surface area contributed by atoms with Crippen LogP contribution in [0, 0.1) is 0 Å². The summed E-state index contributed by atoms with van der Waals surface area (Å²) in [6, 6.07) is 25.8. The number of carbonyl (C=O) groups is 1. The molecule has 1 aliphatic heterocycles. The van der Waals surface area contributed by atoms with Gasteiger partial charge in [-0.05, 0) is 48.2 Å². The number of carbonyl (C=O) groups excluding carboxylic acids is 1. The number of thioether (sulfide) groups is 1. The van der Waals surface area contributed by atoms with Gasteiger partial charge < -0.3 is 4.90 Å². The molecule has 172 valence electrons. The molecule has 5 rings (SSSR count). The molecule has 2 heterocycles. The molecule has 0 spiro atoms. The zero-order valence-electron chi connectivity index (χ0n) is 18.7. The van der Waals surface area contributed by atoms with Crippen LogP contribution < -0.4 is 0 Å². The van der Waals surface area contributed by atoms with Crippen LogP contribution >= 0.6 is 23.4 Å². The molecule has 34 heavy (non-hydrogen) atoms. The lowest BCUT2D eigenvalue weighted by atomic mass is 10.1. The van der Waals surface area contributed by atoms with Gasteiger partial charge in [-0.3, -0.25) is 9.36 Å². The van der Waals surface area contributed by atoms with Crippen LogP contribution in [0.1, 0.15) is 40.2 Å². The summed E-state index contributed by atoms with van der Waals surface area (Å²) < 4.78 is 2.06. The third kappa shape index (κ3) is 5.03. The van der Waals surface area contributed by atoms with Crippen molar-refractivity contribution < 1.29 is 4.79 Å². The molecule has 0 bridgehead atoms. The van der Waals surface area contributed by atoms with E-state index in [1.807, 2.05) is 71.6 Å². The highest BCUT2D eigenvalue weighted by Crippen LogP contribution is 2.29. The molecule has 4 aromatic rings. The van der Waals surface area contributed by atoms with E-state index in [9.17, 15) is 4.79 Å². The van der Waals surface area contributed by atoms with Crippen LogP contribution in [-0.2, 0) is 12.2 Å². The lowest BCUT2D eigenvalue weighted by Gasteiger charge is -2.17. The zero-order chi connectivity index (χ0) is 23.3. The zero-order valence-corrected chi connectivity index (χ0v) is 20.3. The largest absolute Gasteiger partial charge is 0.339 e. The second-order valence-electron chi connectivity index (χ2n) is 8.32. The number of benzene rings is 3. The van der Waals surface area contributed by atoms with Gasteiger partial charge in [0, 0.05) is 35.8 Å². The second-order valence-corrected chi connectivity index (χ2v) is 9.70. The summed E-state index contributed by atoms with van der Waals surface area (Å²) in [5.74, 6) is 1.59. The van der Waals surface area contributed by atoms with E-state index in [1.165, 1.54) is 0 Å². The molecule has 1 aromatic heterocycles. The van der Waals surface area contributed by atoms with Gasteiger partial charge in [0.05, 0.1) is 5.69 Å². The van der Waals surface area contributed by atoms with Gasteiger partial charge in [-0.2, -0.15) is 0 Å². The Hall–Kier alpha value is -3.09. The molecular weight excluding hydrogens is 464 g/mol. The molecule has 1 aliphatic rings. The quantitative estimate of drug-likeness (QED) is 0.297. The van der Waals surface area contributed by atoms with Gasteiger partial charge in [0.2, 0.25) is 0 Å². The van der Waals surface area contributed by atoms with Gasteiger partial charge in [-0.1, -0.05) is 78.0 Å². The lowest BCUT2D eigenvalue weighted by molar-refractivity contribution is 0.0792. The lowest BCUT2D eigenvalue weighted by Crippen LogP contribution is -2.28. The molecule has 1 fully saturated rings. The molecule has 0 radical (unpaired) electrons. The SMILES string of the molecule is O=C(c1ccccc1CSc1nnc(Cc2ccccc2)n1-c1cccc(Cl)c1)N1CCCC1. The number of aromatic nitrogens is 3. The third-order valence-corrected chi connectivity index (χ3v) is 7.18. The molecule has 5 nitrogen and oxygen atoms in total. The van der Waals surface area contributed by atoms with E-state index in [0.29, 0.717) is 17.2 Å². The van der Waals surface area contributed by atoms with E-state index in [-0.39, 0.29) is 5.91 Å². The van der Waals surface area contributed by atoms with Crippen molar-refractivity contribution in [2.45, 2.75) is 30.2 Å². The number of halogens is 1. The van der Waals surface area contributed by atoms with Crippen LogP contribution in [0.2, 0.25) is 5.02 Å². The summed E-state index contributed by atoms with van der Waals surface area (Å²) in [6.07, 6.45) is 2.82. The minimum absolute atomic E-state index is 0.120. The van der Waals surface area contributed by atoms with Gasteiger partial charge in [-0.15, -0.1) is 10.2 Å². The monoisotopic (exact) mass is 488 g/mol. The van der Waals surface area contributed by atoms with Gasteiger partial charge in [0.1, 0.15) is 5.82 Å². The molecule has 0 saturated carbocycles. The Bertz CT molecular complexity index is 1280. The number of amides is 1. The Balaban J connectivity index is 1.44. The highest BCUT2D eigenvalue weighted by atomic mass is 35.5. The second kappa shape index (κ2) is 10.5. The Morgan fingerprint density at radius 1 is 0.912 bits per heavy atom. The molecule has 1 amide bonds. The number of rotatable bonds is 7. The average Bonchev–Trinajstić information content (AvgIpc) is 3.54. The molecule has 0 N–H and O–H groups in total. The van der Waals surface area contributed by atoms with Crippen LogP contribution in [0.4, 0.5) is 0 Å². The fraction of sp³-hybridized carbons (Fsp3) is 0.222. The first kappa shape index (κ1) is 22.7. The summed E-state index contributed by atoms with van der Waals surface area (Å²) in [5, 5.41) is 10.5. The Morgan fingerprint density at radius 3 is 2.47 bits per heavy atom. The number of hydrogen-bond acceptors (Lipinski definition) is 4. The van der Waals surface area contributed by atoms with Crippen molar-refractivity contribution in [3.05, 3.63) is 106 Å². The smallest absolute Gasteiger partial charge is 0.254 e. The summed E-state index contributed by atoms with van der Waals surface area (Å²) in [5.41, 5.74) is 3.87. The maximum absolute atomic E-state index is 13.1. The van der Waals surface area contributed by atoms with Crippen molar-refractivity contribution >= 4 is 29.3 Å². The van der Waals surface area contributed by atoms with Crippen LogP contribution in [0.5, 0.6) is 0 Å². The van der Waals surface area contributed by atoms with E-state index in [0.717, 1.165) is 59.3 Å². The Kier molecular flexibility index (Phi) is 6.97. The predicted octanol–water partition coefficient (Wildman–Crippen LogP) is 6.04. The predicted molar refractivity (Wildman–Crippen MR) is 137 cm³/mol.